The van der Waals surface area contributed by atoms with Crippen molar-refractivity contribution in [1.82, 2.24) is 9.97 Å². The van der Waals surface area contributed by atoms with E-state index in [2.05, 4.69) is 16.9 Å². The van der Waals surface area contributed by atoms with Gasteiger partial charge in [-0.15, -0.1) is 0 Å². The number of hydrogen-bond acceptors (Lipinski definition) is 4. The number of anilines is 1. The van der Waals surface area contributed by atoms with Crippen LogP contribution in [0, 0.1) is 0 Å². The van der Waals surface area contributed by atoms with Crippen molar-refractivity contribution in [1.29, 1.82) is 0 Å². The zero-order chi connectivity index (χ0) is 12.5. The summed E-state index contributed by atoms with van der Waals surface area (Å²) in [6, 6.07) is 7.55. The van der Waals surface area contributed by atoms with E-state index in [0.717, 1.165) is 28.6 Å². The molecule has 90 valence electrons. The lowest BCUT2D eigenvalue weighted by Gasteiger charge is -1.98. The van der Waals surface area contributed by atoms with E-state index in [9.17, 15) is 0 Å². The van der Waals surface area contributed by atoms with Gasteiger partial charge in [-0.05, 0) is 36.2 Å². The molecule has 0 aliphatic heterocycles. The normalized spacial score (nSPS) is 10.9. The molecule has 0 fully saturated rings. The van der Waals surface area contributed by atoms with Crippen LogP contribution in [0.3, 0.4) is 0 Å². The van der Waals surface area contributed by atoms with Crippen molar-refractivity contribution in [2.24, 2.45) is 0 Å². The van der Waals surface area contributed by atoms with Crippen LogP contribution >= 0.6 is 0 Å². The van der Waals surface area contributed by atoms with Gasteiger partial charge in [0.05, 0.1) is 5.56 Å². The Hall–Kier alpha value is -2.36. The van der Waals surface area contributed by atoms with Crippen LogP contribution in [0.25, 0.3) is 22.6 Å². The molecule has 2 N–H and O–H groups in total. The second-order valence-corrected chi connectivity index (χ2v) is 4.14. The Morgan fingerprint density at radius 1 is 1.33 bits per heavy atom. The van der Waals surface area contributed by atoms with Gasteiger partial charge in [-0.1, -0.05) is 6.92 Å². The van der Waals surface area contributed by atoms with E-state index >= 15 is 0 Å². The predicted molar refractivity (Wildman–Crippen MR) is 71.0 cm³/mol. The van der Waals surface area contributed by atoms with Gasteiger partial charge in [0.2, 0.25) is 5.89 Å². The quantitative estimate of drug-likeness (QED) is 0.698. The summed E-state index contributed by atoms with van der Waals surface area (Å²) in [5, 5.41) is 0. The Kier molecular flexibility index (Phi) is 2.48. The van der Waals surface area contributed by atoms with Crippen LogP contribution < -0.4 is 5.73 Å². The van der Waals surface area contributed by atoms with Gasteiger partial charge < -0.3 is 10.2 Å². The molecule has 0 atom stereocenters. The smallest absolute Gasteiger partial charge is 0.228 e. The van der Waals surface area contributed by atoms with Gasteiger partial charge in [0, 0.05) is 18.1 Å². The van der Waals surface area contributed by atoms with Crippen molar-refractivity contribution < 1.29 is 4.42 Å². The fourth-order valence-corrected chi connectivity index (χ4v) is 2.00. The Bertz CT molecular complexity index is 689. The summed E-state index contributed by atoms with van der Waals surface area (Å²) in [6.45, 7) is 2.07. The molecule has 0 spiro atoms. The summed E-state index contributed by atoms with van der Waals surface area (Å²) < 4.78 is 5.82. The molecule has 3 aromatic rings. The number of benzene rings is 1. The molecule has 0 radical (unpaired) electrons. The van der Waals surface area contributed by atoms with Crippen LogP contribution in [-0.2, 0) is 6.42 Å². The highest BCUT2D eigenvalue weighted by molar-refractivity contribution is 5.82. The number of hydrogen-bond donors (Lipinski definition) is 1. The van der Waals surface area contributed by atoms with Crippen LogP contribution in [0.4, 0.5) is 5.69 Å². The summed E-state index contributed by atoms with van der Waals surface area (Å²) in [6.07, 6.45) is 4.32. The number of fused-ring (bicyclic) bond motifs is 1. The van der Waals surface area contributed by atoms with Gasteiger partial charge in [0.25, 0.3) is 0 Å². The number of oxazole rings is 1. The molecule has 1 aromatic carbocycles. The van der Waals surface area contributed by atoms with Crippen molar-refractivity contribution in [3.05, 3.63) is 42.2 Å². The highest BCUT2D eigenvalue weighted by Gasteiger charge is 2.11. The molecule has 0 aliphatic rings. The first kappa shape index (κ1) is 10.8. The van der Waals surface area contributed by atoms with E-state index < -0.39 is 0 Å². The van der Waals surface area contributed by atoms with Crippen LogP contribution in [-0.4, -0.2) is 9.97 Å². The molecule has 0 saturated carbocycles. The van der Waals surface area contributed by atoms with Crippen LogP contribution in [0.1, 0.15) is 12.5 Å². The van der Waals surface area contributed by atoms with E-state index in [1.54, 1.807) is 12.4 Å². The topological polar surface area (TPSA) is 64.9 Å². The first-order valence-corrected chi connectivity index (χ1v) is 5.87. The lowest BCUT2D eigenvalue weighted by Crippen LogP contribution is -1.88. The minimum atomic E-state index is 0.582. The molecule has 4 nitrogen and oxygen atoms in total. The summed E-state index contributed by atoms with van der Waals surface area (Å²) in [7, 11) is 0. The number of rotatable bonds is 2. The van der Waals surface area contributed by atoms with E-state index in [1.807, 2.05) is 24.3 Å². The third-order valence-corrected chi connectivity index (χ3v) is 2.88. The average Bonchev–Trinajstić information content (AvgIpc) is 2.82. The van der Waals surface area contributed by atoms with Gasteiger partial charge in [-0.3, -0.25) is 4.98 Å². The Morgan fingerprint density at radius 3 is 2.94 bits per heavy atom. The van der Waals surface area contributed by atoms with E-state index in [0.29, 0.717) is 11.6 Å². The monoisotopic (exact) mass is 239 g/mol. The predicted octanol–water partition coefficient (Wildman–Crippen LogP) is 3.03. The highest BCUT2D eigenvalue weighted by Crippen LogP contribution is 2.28. The van der Waals surface area contributed by atoms with Crippen molar-refractivity contribution in [3.63, 3.8) is 0 Å². The number of nitrogens with two attached hydrogens (primary N) is 1. The zero-order valence-corrected chi connectivity index (χ0v) is 10.1. The summed E-state index contributed by atoms with van der Waals surface area (Å²) in [4.78, 5) is 8.53. The maximum Gasteiger partial charge on any atom is 0.228 e. The Morgan fingerprint density at radius 2 is 2.22 bits per heavy atom. The maximum atomic E-state index is 5.85. The molecule has 2 heterocycles. The lowest BCUT2D eigenvalue weighted by atomic mass is 10.1. The van der Waals surface area contributed by atoms with Crippen molar-refractivity contribution in [2.45, 2.75) is 13.3 Å². The number of aromatic nitrogens is 2. The SMILES string of the molecule is CCc1cc(N)cc2nc(-c3cccnc3)oc12. The van der Waals surface area contributed by atoms with Gasteiger partial charge in [0.15, 0.2) is 5.58 Å². The van der Waals surface area contributed by atoms with Gasteiger partial charge in [-0.2, -0.15) is 0 Å². The second-order valence-electron chi connectivity index (χ2n) is 4.14. The van der Waals surface area contributed by atoms with Gasteiger partial charge in [-0.25, -0.2) is 4.98 Å². The van der Waals surface area contributed by atoms with E-state index in [4.69, 9.17) is 10.2 Å². The highest BCUT2D eigenvalue weighted by atomic mass is 16.3. The fourth-order valence-electron chi connectivity index (χ4n) is 2.00. The molecule has 18 heavy (non-hydrogen) atoms. The fraction of sp³-hybridized carbons (Fsp3) is 0.143. The molecule has 0 unspecified atom stereocenters. The average molecular weight is 239 g/mol. The largest absolute Gasteiger partial charge is 0.436 e. The van der Waals surface area contributed by atoms with E-state index in [1.165, 1.54) is 0 Å². The second kappa shape index (κ2) is 4.14. The first-order valence-electron chi connectivity index (χ1n) is 5.87. The lowest BCUT2D eigenvalue weighted by molar-refractivity contribution is 0.615. The van der Waals surface area contributed by atoms with Gasteiger partial charge in [0.1, 0.15) is 5.52 Å². The van der Waals surface area contributed by atoms with Crippen molar-refractivity contribution in [2.75, 3.05) is 5.73 Å². The number of aryl methyl sites for hydroxylation is 1. The van der Waals surface area contributed by atoms with Crippen LogP contribution in [0.15, 0.2) is 41.1 Å². The van der Waals surface area contributed by atoms with Crippen molar-refractivity contribution in [3.8, 4) is 11.5 Å². The summed E-state index contributed by atoms with van der Waals surface area (Å²) in [5.41, 5.74) is 10.1. The first-order chi connectivity index (χ1) is 8.78. The molecule has 0 bridgehead atoms. The summed E-state index contributed by atoms with van der Waals surface area (Å²) >= 11 is 0. The van der Waals surface area contributed by atoms with Crippen LogP contribution in [0.5, 0.6) is 0 Å². The molecular formula is C14H13N3O. The standard InChI is InChI=1S/C14H13N3O/c1-2-9-6-11(15)7-12-13(9)18-14(17-12)10-4-3-5-16-8-10/h3-8H,2,15H2,1H3. The maximum absolute atomic E-state index is 5.85. The number of pyridine rings is 1. The molecule has 2 aromatic heterocycles. The Labute approximate surface area is 104 Å². The summed E-state index contributed by atoms with van der Waals surface area (Å²) in [5.74, 6) is 0.582. The third-order valence-electron chi connectivity index (χ3n) is 2.88. The van der Waals surface area contributed by atoms with Gasteiger partial charge >= 0.3 is 0 Å². The molecule has 0 amide bonds. The minimum absolute atomic E-state index is 0.582. The Balaban J connectivity index is 2.23. The molecule has 0 saturated heterocycles. The molecule has 0 aliphatic carbocycles. The van der Waals surface area contributed by atoms with Crippen molar-refractivity contribution >= 4 is 16.8 Å². The zero-order valence-electron chi connectivity index (χ0n) is 10.1. The molecule has 4 heteroatoms. The van der Waals surface area contributed by atoms with E-state index in [-0.39, 0.29) is 0 Å². The number of nitrogens with zero attached hydrogens (tertiary/aromatic N) is 2. The van der Waals surface area contributed by atoms with Crippen LogP contribution in [0.2, 0.25) is 0 Å². The molecule has 3 rings (SSSR count). The third kappa shape index (κ3) is 1.72. The molecular weight excluding hydrogens is 226 g/mol. The number of nitrogen functional groups attached to an aromatic ring is 1. The minimum Gasteiger partial charge on any atom is -0.436 e.